The minimum absolute atomic E-state index is 0.166. The molecule has 2 aliphatic rings. The Morgan fingerprint density at radius 1 is 1.06 bits per heavy atom. The molecule has 0 radical (unpaired) electrons. The molecule has 2 fully saturated rings. The molecule has 1 aromatic carbocycles. The first kappa shape index (κ1) is 24.7. The zero-order valence-electron chi connectivity index (χ0n) is 20.9. The van der Waals surface area contributed by atoms with Gasteiger partial charge in [0, 0.05) is 25.8 Å². The Hall–Kier alpha value is -2.44. The van der Waals surface area contributed by atoms with Gasteiger partial charge < -0.3 is 9.64 Å². The summed E-state index contributed by atoms with van der Waals surface area (Å²) in [6.07, 6.45) is 7.68. The number of methoxy groups -OCH3 is 1. The van der Waals surface area contributed by atoms with Crippen molar-refractivity contribution in [1.82, 2.24) is 14.8 Å². The van der Waals surface area contributed by atoms with E-state index in [1.807, 2.05) is 29.2 Å². The van der Waals surface area contributed by atoms with Crippen LogP contribution in [0, 0.1) is 5.92 Å². The number of rotatable bonds is 9. The van der Waals surface area contributed by atoms with Crippen molar-refractivity contribution in [3.63, 3.8) is 0 Å². The molecule has 6 nitrogen and oxygen atoms in total. The summed E-state index contributed by atoms with van der Waals surface area (Å²) in [5.41, 5.74) is 1.32. The summed E-state index contributed by atoms with van der Waals surface area (Å²) < 4.78 is 5.59. The molecule has 34 heavy (non-hydrogen) atoms. The Balaban J connectivity index is 1.34. The maximum absolute atomic E-state index is 13.4. The van der Waals surface area contributed by atoms with Gasteiger partial charge in [-0.1, -0.05) is 37.6 Å². The number of aromatic nitrogens is 1. The van der Waals surface area contributed by atoms with Gasteiger partial charge in [0.1, 0.15) is 11.6 Å². The Bertz CT molecular complexity index is 898. The Labute approximate surface area is 204 Å². The van der Waals surface area contributed by atoms with Gasteiger partial charge in [0.2, 0.25) is 5.91 Å². The van der Waals surface area contributed by atoms with E-state index >= 15 is 0 Å². The summed E-state index contributed by atoms with van der Waals surface area (Å²) >= 11 is 0. The highest BCUT2D eigenvalue weighted by Gasteiger charge is 2.26. The number of pyridine rings is 1. The predicted molar refractivity (Wildman–Crippen MR) is 137 cm³/mol. The van der Waals surface area contributed by atoms with Crippen molar-refractivity contribution in [1.29, 1.82) is 0 Å². The lowest BCUT2D eigenvalue weighted by atomic mass is 9.89. The minimum atomic E-state index is 0.166. The van der Waals surface area contributed by atoms with Crippen LogP contribution in [0.4, 0.5) is 5.82 Å². The maximum Gasteiger partial charge on any atom is 0.242 e. The van der Waals surface area contributed by atoms with Crippen LogP contribution in [0.2, 0.25) is 0 Å². The largest absolute Gasteiger partial charge is 0.496 e. The standard InChI is InChI=1S/C28H40N4O2/c1-3-23-9-8-16-31(21-23)22-28(33)32(27-12-6-7-15-29-27)20-19-30-17-13-24(14-18-30)25-10-4-5-11-26(25)34-2/h4-7,10-12,15,23-24H,3,8-9,13-14,16-22H2,1-2H3. The first-order chi connectivity index (χ1) is 16.7. The van der Waals surface area contributed by atoms with Gasteiger partial charge in [-0.2, -0.15) is 0 Å². The molecule has 0 N–H and O–H groups in total. The molecule has 3 heterocycles. The monoisotopic (exact) mass is 464 g/mol. The van der Waals surface area contributed by atoms with E-state index in [-0.39, 0.29) is 5.91 Å². The lowest BCUT2D eigenvalue weighted by Crippen LogP contribution is -2.47. The molecule has 0 aliphatic carbocycles. The van der Waals surface area contributed by atoms with E-state index in [1.54, 1.807) is 13.3 Å². The third-order valence-electron chi connectivity index (χ3n) is 7.57. The highest BCUT2D eigenvalue weighted by molar-refractivity contribution is 5.93. The normalized spacial score (nSPS) is 20.2. The highest BCUT2D eigenvalue weighted by atomic mass is 16.5. The fourth-order valence-corrected chi connectivity index (χ4v) is 5.50. The number of carbonyl (C=O) groups excluding carboxylic acids is 1. The molecule has 1 atom stereocenters. The van der Waals surface area contributed by atoms with Crippen LogP contribution in [0.1, 0.15) is 50.5 Å². The predicted octanol–water partition coefficient (Wildman–Crippen LogP) is 4.42. The lowest BCUT2D eigenvalue weighted by molar-refractivity contribution is -0.120. The number of likely N-dealkylation sites (tertiary alicyclic amines) is 2. The van der Waals surface area contributed by atoms with Gasteiger partial charge in [0.25, 0.3) is 0 Å². The first-order valence-electron chi connectivity index (χ1n) is 13.0. The minimum Gasteiger partial charge on any atom is -0.496 e. The summed E-state index contributed by atoms with van der Waals surface area (Å²) in [4.78, 5) is 24.6. The van der Waals surface area contributed by atoms with Crippen molar-refractivity contribution in [2.45, 2.75) is 44.9 Å². The van der Waals surface area contributed by atoms with E-state index in [2.05, 4.69) is 39.9 Å². The number of para-hydroxylation sites is 1. The van der Waals surface area contributed by atoms with E-state index < -0.39 is 0 Å². The molecular formula is C28H40N4O2. The number of carbonyl (C=O) groups is 1. The molecule has 184 valence electrons. The van der Waals surface area contributed by atoms with Gasteiger partial charge in [0.15, 0.2) is 0 Å². The van der Waals surface area contributed by atoms with E-state index in [0.29, 0.717) is 19.0 Å². The molecule has 2 aromatic rings. The summed E-state index contributed by atoms with van der Waals surface area (Å²) in [6.45, 7) is 8.44. The summed E-state index contributed by atoms with van der Waals surface area (Å²) in [5, 5.41) is 0. The van der Waals surface area contributed by atoms with Crippen LogP contribution < -0.4 is 9.64 Å². The Kier molecular flexibility index (Phi) is 8.94. The van der Waals surface area contributed by atoms with Gasteiger partial charge in [-0.3, -0.25) is 14.6 Å². The van der Waals surface area contributed by atoms with Crippen molar-refractivity contribution >= 4 is 11.7 Å². The van der Waals surface area contributed by atoms with Crippen LogP contribution in [0.5, 0.6) is 5.75 Å². The zero-order chi connectivity index (χ0) is 23.8. The van der Waals surface area contributed by atoms with Crippen molar-refractivity contribution in [2.24, 2.45) is 5.92 Å². The van der Waals surface area contributed by atoms with Gasteiger partial charge >= 0.3 is 0 Å². The first-order valence-corrected chi connectivity index (χ1v) is 13.0. The van der Waals surface area contributed by atoms with Gasteiger partial charge in [-0.05, 0) is 80.9 Å². The molecule has 1 unspecified atom stereocenters. The molecule has 0 spiro atoms. The molecule has 6 heteroatoms. The van der Waals surface area contributed by atoms with E-state index in [1.165, 1.54) is 24.8 Å². The number of anilines is 1. The summed E-state index contributed by atoms with van der Waals surface area (Å²) in [6, 6.07) is 14.2. The second-order valence-electron chi connectivity index (χ2n) is 9.74. The third kappa shape index (κ3) is 6.36. The molecule has 1 amide bonds. The topological polar surface area (TPSA) is 48.9 Å². The second-order valence-corrected chi connectivity index (χ2v) is 9.74. The van der Waals surface area contributed by atoms with Crippen LogP contribution in [-0.4, -0.2) is 73.6 Å². The second kappa shape index (κ2) is 12.3. The summed E-state index contributed by atoms with van der Waals surface area (Å²) in [5.74, 6) is 3.18. The Morgan fingerprint density at radius 2 is 1.85 bits per heavy atom. The molecule has 1 aromatic heterocycles. The zero-order valence-corrected chi connectivity index (χ0v) is 20.9. The van der Waals surface area contributed by atoms with Crippen molar-refractivity contribution in [3.05, 3.63) is 54.2 Å². The molecule has 0 saturated carbocycles. The van der Waals surface area contributed by atoms with Crippen molar-refractivity contribution in [2.75, 3.05) is 57.8 Å². The number of piperidine rings is 2. The van der Waals surface area contributed by atoms with E-state index in [0.717, 1.165) is 63.1 Å². The number of amides is 1. The van der Waals surface area contributed by atoms with E-state index in [9.17, 15) is 4.79 Å². The molecule has 2 saturated heterocycles. The Morgan fingerprint density at radius 3 is 2.59 bits per heavy atom. The quantitative estimate of drug-likeness (QED) is 0.550. The van der Waals surface area contributed by atoms with Crippen LogP contribution >= 0.6 is 0 Å². The fraction of sp³-hybridized carbons (Fsp3) is 0.571. The smallest absolute Gasteiger partial charge is 0.242 e. The number of hydrogen-bond donors (Lipinski definition) is 0. The highest BCUT2D eigenvalue weighted by Crippen LogP contribution is 2.34. The number of hydrogen-bond acceptors (Lipinski definition) is 5. The third-order valence-corrected chi connectivity index (χ3v) is 7.57. The molecule has 2 aliphatic heterocycles. The van der Waals surface area contributed by atoms with Gasteiger partial charge in [-0.25, -0.2) is 4.98 Å². The van der Waals surface area contributed by atoms with Crippen molar-refractivity contribution < 1.29 is 9.53 Å². The van der Waals surface area contributed by atoms with Gasteiger partial charge in [-0.15, -0.1) is 0 Å². The fourth-order valence-electron chi connectivity index (χ4n) is 5.50. The molecule has 0 bridgehead atoms. The maximum atomic E-state index is 13.4. The average molecular weight is 465 g/mol. The number of benzene rings is 1. The van der Waals surface area contributed by atoms with Gasteiger partial charge in [0.05, 0.1) is 13.7 Å². The average Bonchev–Trinajstić information content (AvgIpc) is 2.90. The number of nitrogens with zero attached hydrogens (tertiary/aromatic N) is 4. The SMILES string of the molecule is CCC1CCCN(CC(=O)N(CCN2CCC(c3ccccc3OC)CC2)c2ccccn2)C1. The van der Waals surface area contributed by atoms with Crippen LogP contribution in [0.3, 0.4) is 0 Å². The number of ether oxygens (including phenoxy) is 1. The van der Waals surface area contributed by atoms with Crippen molar-refractivity contribution in [3.8, 4) is 5.75 Å². The summed E-state index contributed by atoms with van der Waals surface area (Å²) in [7, 11) is 1.75. The van der Waals surface area contributed by atoms with E-state index in [4.69, 9.17) is 4.74 Å². The van der Waals surface area contributed by atoms with Crippen LogP contribution in [-0.2, 0) is 4.79 Å². The van der Waals surface area contributed by atoms with Crippen LogP contribution in [0.25, 0.3) is 0 Å². The molecule has 4 rings (SSSR count). The van der Waals surface area contributed by atoms with Crippen LogP contribution in [0.15, 0.2) is 48.7 Å². The molecular weight excluding hydrogens is 424 g/mol. The lowest BCUT2D eigenvalue weighted by Gasteiger charge is -2.35.